The molecule has 1 fully saturated rings. The van der Waals surface area contributed by atoms with Crippen LogP contribution in [0.1, 0.15) is 35.9 Å². The van der Waals surface area contributed by atoms with Crippen molar-refractivity contribution in [1.82, 2.24) is 5.32 Å². The van der Waals surface area contributed by atoms with Gasteiger partial charge in [-0.25, -0.2) is 0 Å². The molecule has 3 N–H and O–H groups in total. The van der Waals surface area contributed by atoms with Gasteiger partial charge in [-0.05, 0) is 38.7 Å². The quantitative estimate of drug-likeness (QED) is 0.890. The van der Waals surface area contributed by atoms with Crippen LogP contribution in [0, 0.1) is 12.8 Å². The first kappa shape index (κ1) is 17.1. The number of nitrogens with one attached hydrogen (secondary N) is 1. The van der Waals surface area contributed by atoms with Gasteiger partial charge in [0.25, 0.3) is 5.91 Å². The van der Waals surface area contributed by atoms with Gasteiger partial charge in [-0.15, -0.1) is 12.4 Å². The van der Waals surface area contributed by atoms with E-state index >= 15 is 0 Å². The minimum atomic E-state index is -0.369. The molecule has 1 aliphatic carbocycles. The van der Waals surface area contributed by atoms with Gasteiger partial charge in [0.05, 0.1) is 10.6 Å². The van der Waals surface area contributed by atoms with Crippen LogP contribution in [0.2, 0.25) is 5.02 Å². The maximum Gasteiger partial charge on any atom is 0.287 e. The van der Waals surface area contributed by atoms with E-state index in [1.54, 1.807) is 6.07 Å². The van der Waals surface area contributed by atoms with Crippen molar-refractivity contribution in [3.63, 3.8) is 0 Å². The Bertz CT molecular complexity index is 709. The van der Waals surface area contributed by atoms with Gasteiger partial charge in [-0.1, -0.05) is 23.7 Å². The zero-order chi connectivity index (χ0) is 15.2. The van der Waals surface area contributed by atoms with Gasteiger partial charge in [-0.3, -0.25) is 4.79 Å². The number of rotatable bonds is 4. The van der Waals surface area contributed by atoms with Gasteiger partial charge in [0.15, 0.2) is 11.3 Å². The highest BCUT2D eigenvalue weighted by Crippen LogP contribution is 2.39. The van der Waals surface area contributed by atoms with Crippen LogP contribution in [-0.4, -0.2) is 18.0 Å². The van der Waals surface area contributed by atoms with E-state index in [4.69, 9.17) is 21.8 Å². The van der Waals surface area contributed by atoms with Crippen LogP contribution < -0.4 is 11.1 Å². The molecular weight excluding hydrogens is 323 g/mol. The summed E-state index contributed by atoms with van der Waals surface area (Å²) < 4.78 is 5.70. The minimum absolute atomic E-state index is 0. The number of halogens is 2. The van der Waals surface area contributed by atoms with Gasteiger partial charge in [-0.2, -0.15) is 0 Å². The van der Waals surface area contributed by atoms with Gasteiger partial charge < -0.3 is 15.5 Å². The third kappa shape index (κ3) is 2.83. The number of carbonyl (C=O) groups is 1. The monoisotopic (exact) mass is 342 g/mol. The molecule has 0 spiro atoms. The molecule has 3 rings (SSSR count). The first-order chi connectivity index (χ1) is 9.96. The van der Waals surface area contributed by atoms with Crippen LogP contribution in [0.15, 0.2) is 22.6 Å². The summed E-state index contributed by atoms with van der Waals surface area (Å²) in [6.45, 7) is 4.28. The molecule has 0 bridgehead atoms. The smallest absolute Gasteiger partial charge is 0.287 e. The lowest BCUT2D eigenvalue weighted by Gasteiger charge is -2.29. The predicted octanol–water partition coefficient (Wildman–Crippen LogP) is 3.67. The van der Waals surface area contributed by atoms with Gasteiger partial charge in [0.1, 0.15) is 0 Å². The molecule has 0 aliphatic heterocycles. The fourth-order valence-electron chi connectivity index (χ4n) is 2.78. The molecule has 0 radical (unpaired) electrons. The normalized spacial score (nSPS) is 16.9. The lowest BCUT2D eigenvalue weighted by atomic mass is 9.95. The first-order valence-electron chi connectivity index (χ1n) is 7.16. The molecule has 6 heteroatoms. The summed E-state index contributed by atoms with van der Waals surface area (Å²) in [5.41, 5.74) is 6.84. The summed E-state index contributed by atoms with van der Waals surface area (Å²) in [4.78, 5) is 12.5. The van der Waals surface area contributed by atoms with Crippen molar-refractivity contribution in [2.45, 2.75) is 32.2 Å². The van der Waals surface area contributed by atoms with Crippen LogP contribution in [0.3, 0.4) is 0 Å². The summed E-state index contributed by atoms with van der Waals surface area (Å²) in [7, 11) is 0. The molecule has 22 heavy (non-hydrogen) atoms. The first-order valence-corrected chi connectivity index (χ1v) is 7.54. The van der Waals surface area contributed by atoms with Crippen molar-refractivity contribution in [2.75, 3.05) is 6.54 Å². The van der Waals surface area contributed by atoms with E-state index in [0.29, 0.717) is 28.8 Å². The van der Waals surface area contributed by atoms with Crippen LogP contribution in [0.25, 0.3) is 11.0 Å². The number of carbonyl (C=O) groups excluding carboxylic acids is 1. The van der Waals surface area contributed by atoms with E-state index in [2.05, 4.69) is 5.32 Å². The second-order valence-electron chi connectivity index (χ2n) is 6.02. The Labute approximate surface area is 140 Å². The maximum absolute atomic E-state index is 12.5. The third-order valence-electron chi connectivity index (χ3n) is 4.42. The zero-order valence-corrected chi connectivity index (χ0v) is 14.2. The number of hydrogen-bond donors (Lipinski definition) is 2. The summed E-state index contributed by atoms with van der Waals surface area (Å²) in [5, 5.41) is 4.42. The molecule has 4 nitrogen and oxygen atoms in total. The Morgan fingerprint density at radius 2 is 2.18 bits per heavy atom. The minimum Gasteiger partial charge on any atom is -0.449 e. The predicted molar refractivity (Wildman–Crippen MR) is 90.9 cm³/mol. The molecule has 1 atom stereocenters. The summed E-state index contributed by atoms with van der Waals surface area (Å²) >= 11 is 6.12. The van der Waals surface area contributed by atoms with Crippen molar-refractivity contribution in [3.05, 3.63) is 34.5 Å². The van der Waals surface area contributed by atoms with E-state index in [-0.39, 0.29) is 23.9 Å². The maximum atomic E-state index is 12.5. The van der Waals surface area contributed by atoms with Crippen molar-refractivity contribution in [3.8, 4) is 0 Å². The fourth-order valence-corrected chi connectivity index (χ4v) is 2.99. The summed E-state index contributed by atoms with van der Waals surface area (Å²) in [5.74, 6) is 0.553. The number of hydrogen-bond acceptors (Lipinski definition) is 3. The van der Waals surface area contributed by atoms with Gasteiger partial charge >= 0.3 is 0 Å². The average molecular weight is 343 g/mol. The highest BCUT2D eigenvalue weighted by atomic mass is 35.5. The molecule has 0 saturated heterocycles. The summed E-state index contributed by atoms with van der Waals surface area (Å²) in [6.07, 6.45) is 2.22. The highest BCUT2D eigenvalue weighted by Gasteiger charge is 2.42. The van der Waals surface area contributed by atoms with E-state index in [9.17, 15) is 4.79 Å². The molecule has 1 aromatic carbocycles. The Morgan fingerprint density at radius 1 is 1.50 bits per heavy atom. The molecular formula is C16H20Cl2N2O2. The molecule has 1 amide bonds. The summed E-state index contributed by atoms with van der Waals surface area (Å²) in [6, 6.07) is 5.51. The van der Waals surface area contributed by atoms with Crippen molar-refractivity contribution >= 4 is 40.9 Å². The number of para-hydroxylation sites is 1. The number of furan rings is 1. The molecule has 2 aromatic rings. The third-order valence-corrected chi connectivity index (χ3v) is 4.72. The molecule has 1 aliphatic rings. The Hall–Kier alpha value is -1.23. The number of benzene rings is 1. The molecule has 120 valence electrons. The number of amides is 1. The van der Waals surface area contributed by atoms with Crippen LogP contribution in [0.5, 0.6) is 0 Å². The molecule has 1 aromatic heterocycles. The topological polar surface area (TPSA) is 68.3 Å². The van der Waals surface area contributed by atoms with Crippen molar-refractivity contribution in [2.24, 2.45) is 11.7 Å². The van der Waals surface area contributed by atoms with Crippen molar-refractivity contribution < 1.29 is 9.21 Å². The fraction of sp³-hybridized carbons (Fsp3) is 0.438. The van der Waals surface area contributed by atoms with Gasteiger partial charge in [0, 0.05) is 17.5 Å². The van der Waals surface area contributed by atoms with Crippen LogP contribution in [0.4, 0.5) is 0 Å². The Balaban J connectivity index is 0.00000176. The van der Waals surface area contributed by atoms with Crippen LogP contribution in [-0.2, 0) is 0 Å². The zero-order valence-electron chi connectivity index (χ0n) is 12.6. The van der Waals surface area contributed by atoms with Crippen molar-refractivity contribution in [1.29, 1.82) is 0 Å². The van der Waals surface area contributed by atoms with E-state index in [1.165, 1.54) is 0 Å². The molecule has 1 unspecified atom stereocenters. The number of aryl methyl sites for hydroxylation is 1. The van der Waals surface area contributed by atoms with E-state index < -0.39 is 0 Å². The highest BCUT2D eigenvalue weighted by molar-refractivity contribution is 6.35. The van der Waals surface area contributed by atoms with Gasteiger partial charge in [0.2, 0.25) is 0 Å². The SMILES string of the molecule is Cc1c(C(=O)NC(C)(CN)C2CC2)oc2c(Cl)cccc12.Cl. The van der Waals surface area contributed by atoms with E-state index in [1.807, 2.05) is 26.0 Å². The number of nitrogens with two attached hydrogens (primary N) is 1. The van der Waals surface area contributed by atoms with E-state index in [0.717, 1.165) is 23.8 Å². The largest absolute Gasteiger partial charge is 0.449 e. The lowest BCUT2D eigenvalue weighted by Crippen LogP contribution is -2.53. The second kappa shape index (κ2) is 6.11. The lowest BCUT2D eigenvalue weighted by molar-refractivity contribution is 0.0870. The molecule has 1 saturated carbocycles. The standard InChI is InChI=1S/C16H19ClN2O2.ClH/c1-9-11-4-3-5-12(17)14(11)21-13(9)15(20)19-16(2,8-18)10-6-7-10;/h3-5,10H,6-8,18H2,1-2H3,(H,19,20);1H. The number of fused-ring (bicyclic) bond motifs is 1. The molecule has 1 heterocycles. The van der Waals surface area contributed by atoms with Crippen LogP contribution >= 0.6 is 24.0 Å². The average Bonchev–Trinajstić information content (AvgIpc) is 3.25. The Kier molecular flexibility index (Phi) is 4.76. The second-order valence-corrected chi connectivity index (χ2v) is 6.43. The Morgan fingerprint density at radius 3 is 2.73 bits per heavy atom.